The smallest absolute Gasteiger partial charge is 0.123 e. The summed E-state index contributed by atoms with van der Waals surface area (Å²) in [5, 5.41) is 11.0. The van der Waals surface area contributed by atoms with Gasteiger partial charge in [0.1, 0.15) is 5.82 Å². The molecule has 0 radical (unpaired) electrons. The third-order valence-corrected chi connectivity index (χ3v) is 6.60. The highest BCUT2D eigenvalue weighted by atomic mass is 19.1. The summed E-state index contributed by atoms with van der Waals surface area (Å²) >= 11 is 0. The first-order chi connectivity index (χ1) is 11.2. The molecular formula is C19H21FN2O. The van der Waals surface area contributed by atoms with Crippen molar-refractivity contribution < 1.29 is 9.50 Å². The van der Waals surface area contributed by atoms with Crippen molar-refractivity contribution in [3.63, 3.8) is 0 Å². The zero-order valence-electron chi connectivity index (χ0n) is 13.1. The van der Waals surface area contributed by atoms with E-state index in [4.69, 9.17) is 0 Å². The summed E-state index contributed by atoms with van der Waals surface area (Å²) in [5.41, 5.74) is 3.14. The Kier molecular flexibility index (Phi) is 2.79. The zero-order chi connectivity index (χ0) is 15.6. The molecule has 0 amide bonds. The van der Waals surface area contributed by atoms with Gasteiger partial charge in [-0.3, -0.25) is 0 Å². The average Bonchev–Trinajstić information content (AvgIpc) is 3.30. The lowest BCUT2D eigenvalue weighted by atomic mass is 9.76. The van der Waals surface area contributed by atoms with Crippen molar-refractivity contribution >= 4 is 0 Å². The predicted molar refractivity (Wildman–Crippen MR) is 85.4 cm³/mol. The minimum absolute atomic E-state index is 0.0760. The predicted octanol–water partition coefficient (Wildman–Crippen LogP) is 3.92. The van der Waals surface area contributed by atoms with Crippen LogP contribution in [-0.4, -0.2) is 20.8 Å². The van der Waals surface area contributed by atoms with E-state index in [-0.39, 0.29) is 23.4 Å². The van der Waals surface area contributed by atoms with E-state index in [1.807, 2.05) is 12.4 Å². The quantitative estimate of drug-likeness (QED) is 0.932. The van der Waals surface area contributed by atoms with Crippen molar-refractivity contribution in [2.75, 3.05) is 0 Å². The number of nitrogens with zero attached hydrogens (tertiary/aromatic N) is 2. The largest absolute Gasteiger partial charge is 0.392 e. The summed E-state index contributed by atoms with van der Waals surface area (Å²) in [6, 6.07) is 5.07. The highest BCUT2D eigenvalue weighted by molar-refractivity contribution is 5.69. The monoisotopic (exact) mass is 312 g/mol. The molecular weight excluding hydrogens is 291 g/mol. The lowest BCUT2D eigenvalue weighted by molar-refractivity contribution is 0.0176. The van der Waals surface area contributed by atoms with Crippen LogP contribution < -0.4 is 0 Å². The highest BCUT2D eigenvalue weighted by Crippen LogP contribution is 2.57. The fourth-order valence-electron chi connectivity index (χ4n) is 5.36. The molecule has 2 atom stereocenters. The molecule has 2 aliphatic carbocycles. The number of hydrogen-bond acceptors (Lipinski definition) is 2. The maximum absolute atomic E-state index is 13.6. The lowest BCUT2D eigenvalue weighted by Gasteiger charge is -2.34. The van der Waals surface area contributed by atoms with Gasteiger partial charge in [0.25, 0.3) is 0 Å². The average molecular weight is 312 g/mol. The number of fused-ring (bicyclic) bond motifs is 5. The maximum Gasteiger partial charge on any atom is 0.123 e. The number of halogens is 1. The standard InChI is InChI=1S/C19H21FN2O/c20-13-1-2-14-15(7-13)17-10-21-11-22(17)16(14)8-18(23)19-5-3-12(9-19)4-6-19/h1-2,7,10-12,16,18,23H,3-6,8-9H2. The van der Waals surface area contributed by atoms with Crippen LogP contribution in [0.4, 0.5) is 4.39 Å². The van der Waals surface area contributed by atoms with Crippen molar-refractivity contribution in [3.05, 3.63) is 42.1 Å². The summed E-state index contributed by atoms with van der Waals surface area (Å²) < 4.78 is 15.7. The summed E-state index contributed by atoms with van der Waals surface area (Å²) in [7, 11) is 0. The second-order valence-electron chi connectivity index (χ2n) is 7.69. The van der Waals surface area contributed by atoms with Gasteiger partial charge in [0.15, 0.2) is 0 Å². The van der Waals surface area contributed by atoms with Gasteiger partial charge in [0.05, 0.1) is 30.4 Å². The van der Waals surface area contributed by atoms with Crippen LogP contribution in [-0.2, 0) is 0 Å². The second-order valence-corrected chi connectivity index (χ2v) is 7.69. The first-order valence-electron chi connectivity index (χ1n) is 8.66. The minimum atomic E-state index is -0.286. The molecule has 1 aromatic carbocycles. The Morgan fingerprint density at radius 3 is 2.91 bits per heavy atom. The van der Waals surface area contributed by atoms with Gasteiger partial charge >= 0.3 is 0 Å². The van der Waals surface area contributed by atoms with Crippen LogP contribution in [0, 0.1) is 17.2 Å². The molecule has 4 heteroatoms. The second kappa shape index (κ2) is 4.67. The highest BCUT2D eigenvalue weighted by Gasteiger charge is 2.50. The number of aromatic nitrogens is 2. The molecule has 120 valence electrons. The van der Waals surface area contributed by atoms with E-state index in [1.54, 1.807) is 12.3 Å². The zero-order valence-corrected chi connectivity index (χ0v) is 13.1. The van der Waals surface area contributed by atoms with Crippen LogP contribution >= 0.6 is 0 Å². The molecule has 3 nitrogen and oxygen atoms in total. The molecule has 2 fully saturated rings. The van der Waals surface area contributed by atoms with Crippen molar-refractivity contribution in [2.45, 2.75) is 50.7 Å². The summed E-state index contributed by atoms with van der Waals surface area (Å²) in [6.07, 6.45) is 10.1. The molecule has 2 saturated carbocycles. The Bertz CT molecular complexity index is 760. The molecule has 23 heavy (non-hydrogen) atoms. The van der Waals surface area contributed by atoms with Crippen molar-refractivity contribution in [2.24, 2.45) is 11.3 Å². The van der Waals surface area contributed by atoms with Gasteiger partial charge in [-0.25, -0.2) is 9.37 Å². The normalized spacial score (nSPS) is 32.1. The molecule has 1 aliphatic heterocycles. The fraction of sp³-hybridized carbons (Fsp3) is 0.526. The van der Waals surface area contributed by atoms with Gasteiger partial charge in [-0.1, -0.05) is 6.07 Å². The first kappa shape index (κ1) is 13.7. The topological polar surface area (TPSA) is 38.1 Å². The number of imidazole rings is 1. The molecule has 1 N–H and O–H groups in total. The van der Waals surface area contributed by atoms with E-state index in [9.17, 15) is 9.50 Å². The van der Waals surface area contributed by atoms with Gasteiger partial charge in [0, 0.05) is 5.56 Å². The Hall–Kier alpha value is -1.68. The fourth-order valence-corrected chi connectivity index (χ4v) is 5.36. The minimum Gasteiger partial charge on any atom is -0.392 e. The molecule has 2 heterocycles. The van der Waals surface area contributed by atoms with Crippen LogP contribution in [0.2, 0.25) is 0 Å². The number of aliphatic hydroxyl groups excluding tert-OH is 1. The van der Waals surface area contributed by atoms with Crippen LogP contribution in [0.5, 0.6) is 0 Å². The molecule has 2 bridgehead atoms. The van der Waals surface area contributed by atoms with Crippen LogP contribution in [0.15, 0.2) is 30.7 Å². The Balaban J connectivity index is 1.50. The third-order valence-electron chi connectivity index (χ3n) is 6.60. The van der Waals surface area contributed by atoms with Gasteiger partial charge in [-0.15, -0.1) is 0 Å². The summed E-state index contributed by atoms with van der Waals surface area (Å²) in [5.74, 6) is 0.615. The SMILES string of the molecule is OC(CC1c2ccc(F)cc2-c2cncn21)C12CCC(CC1)C2. The van der Waals surface area contributed by atoms with E-state index < -0.39 is 0 Å². The molecule has 5 rings (SSSR count). The van der Waals surface area contributed by atoms with Gasteiger partial charge in [-0.05, 0) is 67.6 Å². The Morgan fingerprint density at radius 1 is 1.35 bits per heavy atom. The lowest BCUT2D eigenvalue weighted by Crippen LogP contribution is -2.33. The summed E-state index contributed by atoms with van der Waals surface area (Å²) in [6.45, 7) is 0. The first-order valence-corrected chi connectivity index (χ1v) is 8.66. The molecule has 1 aromatic heterocycles. The summed E-state index contributed by atoms with van der Waals surface area (Å²) in [4.78, 5) is 4.23. The molecule has 2 aromatic rings. The number of rotatable bonds is 3. The van der Waals surface area contributed by atoms with Crippen LogP contribution in [0.25, 0.3) is 11.3 Å². The van der Waals surface area contributed by atoms with Crippen molar-refractivity contribution in [1.82, 2.24) is 9.55 Å². The molecule has 0 saturated heterocycles. The Morgan fingerprint density at radius 2 is 2.17 bits per heavy atom. The molecule has 0 spiro atoms. The van der Waals surface area contributed by atoms with Crippen molar-refractivity contribution in [3.8, 4) is 11.3 Å². The van der Waals surface area contributed by atoms with E-state index in [2.05, 4.69) is 9.55 Å². The number of benzene rings is 1. The van der Waals surface area contributed by atoms with Crippen LogP contribution in [0.3, 0.4) is 0 Å². The third kappa shape index (κ3) is 1.87. The number of aliphatic hydroxyl groups is 1. The van der Waals surface area contributed by atoms with E-state index >= 15 is 0 Å². The van der Waals surface area contributed by atoms with E-state index in [0.29, 0.717) is 6.42 Å². The maximum atomic E-state index is 13.6. The van der Waals surface area contributed by atoms with Gasteiger partial charge < -0.3 is 9.67 Å². The number of hydrogen-bond donors (Lipinski definition) is 1. The van der Waals surface area contributed by atoms with Crippen LogP contribution in [0.1, 0.15) is 50.1 Å². The van der Waals surface area contributed by atoms with E-state index in [1.165, 1.54) is 38.2 Å². The van der Waals surface area contributed by atoms with Crippen molar-refractivity contribution in [1.29, 1.82) is 0 Å². The molecule has 2 unspecified atom stereocenters. The Labute approximate surface area is 135 Å². The van der Waals surface area contributed by atoms with Gasteiger partial charge in [-0.2, -0.15) is 0 Å². The van der Waals surface area contributed by atoms with Gasteiger partial charge in [0.2, 0.25) is 0 Å². The van der Waals surface area contributed by atoms with E-state index in [0.717, 1.165) is 22.7 Å². The molecule has 3 aliphatic rings.